The third-order valence-corrected chi connectivity index (χ3v) is 3.07. The molecule has 0 aromatic heterocycles. The first-order chi connectivity index (χ1) is 10.4. The fraction of sp³-hybridized carbons (Fsp3) is 0.294. The van der Waals surface area contributed by atoms with Gasteiger partial charge in [-0.2, -0.15) is 0 Å². The Morgan fingerprint density at radius 2 is 1.86 bits per heavy atom. The van der Waals surface area contributed by atoms with E-state index >= 15 is 0 Å². The summed E-state index contributed by atoms with van der Waals surface area (Å²) in [5.41, 5.74) is 8.25. The maximum Gasteiger partial charge on any atom is 0.160 e. The fourth-order valence-electron chi connectivity index (χ4n) is 1.92. The predicted molar refractivity (Wildman–Crippen MR) is 88.7 cm³/mol. The first-order valence-electron chi connectivity index (χ1n) is 7.09. The van der Waals surface area contributed by atoms with Gasteiger partial charge in [-0.15, -0.1) is 0 Å². The van der Waals surface area contributed by atoms with E-state index < -0.39 is 11.6 Å². The normalized spacial score (nSPS) is 14.0. The van der Waals surface area contributed by atoms with Gasteiger partial charge in [0, 0.05) is 17.8 Å². The van der Waals surface area contributed by atoms with E-state index in [-0.39, 0.29) is 0 Å². The van der Waals surface area contributed by atoms with Crippen molar-refractivity contribution >= 4 is 17.2 Å². The lowest BCUT2D eigenvalue weighted by Gasteiger charge is -2.10. The summed E-state index contributed by atoms with van der Waals surface area (Å²) >= 11 is 0. The lowest BCUT2D eigenvalue weighted by molar-refractivity contribution is 0.508. The van der Waals surface area contributed by atoms with Gasteiger partial charge in [-0.25, -0.2) is 13.8 Å². The molecule has 3 nitrogen and oxygen atoms in total. The number of allylic oxidation sites excluding steroid dienone is 2. The van der Waals surface area contributed by atoms with Crippen molar-refractivity contribution in [3.05, 3.63) is 53.3 Å². The lowest BCUT2D eigenvalue weighted by atomic mass is 10.1. The molecule has 0 unspecified atom stereocenters. The summed E-state index contributed by atoms with van der Waals surface area (Å²) in [7, 11) is 0. The summed E-state index contributed by atoms with van der Waals surface area (Å²) in [5, 5.41) is 0. The maximum absolute atomic E-state index is 13.4. The van der Waals surface area contributed by atoms with Gasteiger partial charge in [-0.1, -0.05) is 19.1 Å². The van der Waals surface area contributed by atoms with Gasteiger partial charge >= 0.3 is 0 Å². The summed E-state index contributed by atoms with van der Waals surface area (Å²) in [6, 6.07) is 2.22. The van der Waals surface area contributed by atoms with Crippen molar-refractivity contribution < 1.29 is 8.78 Å². The van der Waals surface area contributed by atoms with Gasteiger partial charge in [-0.05, 0) is 38.8 Å². The molecule has 0 saturated heterocycles. The number of aliphatic imine (C=N–C) groups is 2. The molecule has 0 aliphatic carbocycles. The Hall–Kier alpha value is -2.30. The van der Waals surface area contributed by atoms with Crippen molar-refractivity contribution in [1.29, 1.82) is 0 Å². The largest absolute Gasteiger partial charge is 0.383 e. The van der Waals surface area contributed by atoms with E-state index in [0.717, 1.165) is 12.1 Å². The highest BCUT2D eigenvalue weighted by Gasteiger charge is 2.11. The van der Waals surface area contributed by atoms with Crippen LogP contribution < -0.4 is 5.73 Å². The molecule has 118 valence electrons. The highest BCUT2D eigenvalue weighted by atomic mass is 19.2. The van der Waals surface area contributed by atoms with Crippen LogP contribution >= 0.6 is 0 Å². The molecule has 0 saturated carbocycles. The van der Waals surface area contributed by atoms with E-state index in [9.17, 15) is 8.78 Å². The Balaban J connectivity index is 3.33. The van der Waals surface area contributed by atoms with Gasteiger partial charge in [0.25, 0.3) is 0 Å². The number of aryl methyl sites for hydroxylation is 1. The zero-order valence-corrected chi connectivity index (χ0v) is 13.3. The molecule has 0 spiro atoms. The zero-order valence-electron chi connectivity index (χ0n) is 13.3. The van der Waals surface area contributed by atoms with Crippen LogP contribution in [0.4, 0.5) is 14.5 Å². The van der Waals surface area contributed by atoms with E-state index in [4.69, 9.17) is 5.73 Å². The van der Waals surface area contributed by atoms with E-state index in [1.807, 2.05) is 20.8 Å². The van der Waals surface area contributed by atoms with Crippen molar-refractivity contribution in [1.82, 2.24) is 0 Å². The molecule has 0 bridgehead atoms. The fourth-order valence-corrected chi connectivity index (χ4v) is 1.92. The van der Waals surface area contributed by atoms with E-state index in [1.165, 1.54) is 0 Å². The highest BCUT2D eigenvalue weighted by Crippen LogP contribution is 2.23. The Morgan fingerprint density at radius 3 is 2.41 bits per heavy atom. The minimum Gasteiger partial charge on any atom is -0.383 e. The van der Waals surface area contributed by atoms with Gasteiger partial charge in [0.2, 0.25) is 0 Å². The standard InChI is InChI=1S/C17H21F2N3/c1-5-8-21-17(20)12(6-2)15(7-3)22-16-10-14(19)13(18)9-11(16)4/h5-6,8-10H,7H2,1-4H3,(H2,20,21)/b8-5-,12-6-,22-15?. The highest BCUT2D eigenvalue weighted by molar-refractivity contribution is 6.23. The number of amidine groups is 1. The van der Waals surface area contributed by atoms with Crippen molar-refractivity contribution in [3.63, 3.8) is 0 Å². The van der Waals surface area contributed by atoms with Crippen molar-refractivity contribution in [3.8, 4) is 0 Å². The molecule has 0 amide bonds. The lowest BCUT2D eigenvalue weighted by Crippen LogP contribution is -2.20. The van der Waals surface area contributed by atoms with E-state index in [2.05, 4.69) is 9.98 Å². The second kappa shape index (κ2) is 8.22. The van der Waals surface area contributed by atoms with Crippen LogP contribution in [0.1, 0.15) is 32.8 Å². The topological polar surface area (TPSA) is 50.7 Å². The van der Waals surface area contributed by atoms with Crippen LogP contribution in [0.25, 0.3) is 0 Å². The van der Waals surface area contributed by atoms with Crippen LogP contribution in [0.5, 0.6) is 0 Å². The number of nitrogens with zero attached hydrogens (tertiary/aromatic N) is 2. The van der Waals surface area contributed by atoms with Crippen molar-refractivity contribution in [2.75, 3.05) is 0 Å². The molecule has 2 N–H and O–H groups in total. The van der Waals surface area contributed by atoms with Gasteiger partial charge < -0.3 is 5.73 Å². The number of rotatable bonds is 5. The summed E-state index contributed by atoms with van der Waals surface area (Å²) < 4.78 is 26.6. The maximum atomic E-state index is 13.4. The number of halogens is 2. The molecule has 1 rings (SSSR count). The van der Waals surface area contributed by atoms with Crippen LogP contribution in [0, 0.1) is 18.6 Å². The van der Waals surface area contributed by atoms with Gasteiger partial charge in [0.15, 0.2) is 11.6 Å². The third kappa shape index (κ3) is 4.35. The Morgan fingerprint density at radius 1 is 1.23 bits per heavy atom. The quantitative estimate of drug-likeness (QED) is 0.627. The van der Waals surface area contributed by atoms with Crippen molar-refractivity contribution in [2.24, 2.45) is 15.7 Å². The van der Waals surface area contributed by atoms with Crippen LogP contribution in [0.15, 0.2) is 46.0 Å². The van der Waals surface area contributed by atoms with E-state index in [0.29, 0.717) is 34.8 Å². The zero-order chi connectivity index (χ0) is 16.7. The molecule has 0 heterocycles. The van der Waals surface area contributed by atoms with Crippen LogP contribution in [-0.4, -0.2) is 11.5 Å². The molecule has 0 fully saturated rings. The number of hydrogen-bond donors (Lipinski definition) is 1. The second-order valence-electron chi connectivity index (χ2n) is 4.66. The third-order valence-electron chi connectivity index (χ3n) is 3.07. The Kier molecular flexibility index (Phi) is 6.63. The number of hydrogen-bond acceptors (Lipinski definition) is 2. The van der Waals surface area contributed by atoms with Crippen LogP contribution in [-0.2, 0) is 0 Å². The van der Waals surface area contributed by atoms with Crippen LogP contribution in [0.2, 0.25) is 0 Å². The summed E-state index contributed by atoms with van der Waals surface area (Å²) in [4.78, 5) is 8.54. The van der Waals surface area contributed by atoms with Gasteiger partial charge in [0.05, 0.1) is 11.4 Å². The monoisotopic (exact) mass is 305 g/mol. The van der Waals surface area contributed by atoms with E-state index in [1.54, 1.807) is 25.3 Å². The van der Waals surface area contributed by atoms with Crippen LogP contribution in [0.3, 0.4) is 0 Å². The molecular formula is C17H21F2N3. The minimum absolute atomic E-state index is 0.335. The average molecular weight is 305 g/mol. The average Bonchev–Trinajstić information content (AvgIpc) is 2.49. The molecule has 0 atom stereocenters. The second-order valence-corrected chi connectivity index (χ2v) is 4.66. The molecule has 1 aromatic rings. The minimum atomic E-state index is -0.919. The van der Waals surface area contributed by atoms with Gasteiger partial charge in [-0.3, -0.25) is 4.99 Å². The summed E-state index contributed by atoms with van der Waals surface area (Å²) in [6.45, 7) is 7.27. The first-order valence-corrected chi connectivity index (χ1v) is 7.09. The first kappa shape index (κ1) is 17.8. The van der Waals surface area contributed by atoms with Gasteiger partial charge in [0.1, 0.15) is 5.84 Å². The molecule has 0 aliphatic heterocycles. The molecule has 1 aromatic carbocycles. The number of benzene rings is 1. The molecule has 0 radical (unpaired) electrons. The summed E-state index contributed by atoms with van der Waals surface area (Å²) in [6.07, 6.45) is 5.75. The van der Waals surface area contributed by atoms with Crippen molar-refractivity contribution in [2.45, 2.75) is 34.1 Å². The molecular weight excluding hydrogens is 284 g/mol. The molecule has 0 aliphatic rings. The smallest absolute Gasteiger partial charge is 0.160 e. The SMILES string of the molecule is C\C=C/N=C(N)/C(=C\C)C(CC)=Nc1cc(F)c(F)cc1C. The number of nitrogens with two attached hydrogens (primary N) is 1. The molecule has 22 heavy (non-hydrogen) atoms. The predicted octanol–water partition coefficient (Wildman–Crippen LogP) is 4.59. The Bertz CT molecular complexity index is 656. The Labute approximate surface area is 130 Å². The molecule has 5 heteroatoms. The summed E-state index contributed by atoms with van der Waals surface area (Å²) in [5.74, 6) is -1.46.